The topological polar surface area (TPSA) is 35.2 Å². The molecule has 0 saturated carbocycles. The monoisotopic (exact) mass is 215 g/mol. The average Bonchev–Trinajstić information content (AvgIpc) is 2.03. The van der Waals surface area contributed by atoms with Crippen LogP contribution in [0.3, 0.4) is 0 Å². The van der Waals surface area contributed by atoms with Gasteiger partial charge in [0.25, 0.3) is 0 Å². The smallest absolute Gasteiger partial charge is 0.118 e. The van der Waals surface area contributed by atoms with Gasteiger partial charge >= 0.3 is 0 Å². The van der Waals surface area contributed by atoms with Gasteiger partial charge in [0.05, 0.1) is 7.11 Å². The minimum absolute atomic E-state index is 0. The predicted molar refractivity (Wildman–Crippen MR) is 62.2 cm³/mol. The molecular weight excluding hydrogens is 198 g/mol. The number of methoxy groups -OCH3 is 1. The Labute approximate surface area is 91.9 Å². The summed E-state index contributed by atoms with van der Waals surface area (Å²) in [7, 11) is 1.67. The summed E-state index contributed by atoms with van der Waals surface area (Å²) in [5, 5.41) is 0. The molecule has 1 aromatic rings. The third-order valence-corrected chi connectivity index (χ3v) is 1.82. The normalized spacial score (nSPS) is 10.6. The predicted octanol–water partition coefficient (Wildman–Crippen LogP) is 2.40. The van der Waals surface area contributed by atoms with Gasteiger partial charge in [0.1, 0.15) is 5.75 Å². The molecule has 1 aromatic carbocycles. The summed E-state index contributed by atoms with van der Waals surface area (Å²) in [5.41, 5.74) is 7.01. The maximum Gasteiger partial charge on any atom is 0.118 e. The zero-order valence-corrected chi connectivity index (χ0v) is 9.73. The van der Waals surface area contributed by atoms with Crippen LogP contribution in [0.1, 0.15) is 19.4 Å². The lowest BCUT2D eigenvalue weighted by Gasteiger charge is -2.18. The SMILES string of the molecule is COc1ccc(CC(C)(C)N)cc1.Cl. The maximum atomic E-state index is 5.91. The second kappa shape index (κ2) is 5.23. The fourth-order valence-corrected chi connectivity index (χ4v) is 1.27. The highest BCUT2D eigenvalue weighted by molar-refractivity contribution is 5.85. The largest absolute Gasteiger partial charge is 0.497 e. The van der Waals surface area contributed by atoms with E-state index in [2.05, 4.69) is 0 Å². The van der Waals surface area contributed by atoms with Gasteiger partial charge in [0.15, 0.2) is 0 Å². The second-order valence-corrected chi connectivity index (χ2v) is 4.01. The molecule has 0 atom stereocenters. The molecule has 0 aliphatic heterocycles. The van der Waals surface area contributed by atoms with E-state index in [1.165, 1.54) is 5.56 Å². The summed E-state index contributed by atoms with van der Waals surface area (Å²) in [5.74, 6) is 0.888. The van der Waals surface area contributed by atoms with Crippen LogP contribution < -0.4 is 10.5 Å². The molecule has 0 spiro atoms. The van der Waals surface area contributed by atoms with E-state index in [9.17, 15) is 0 Å². The Morgan fingerprint density at radius 3 is 2.07 bits per heavy atom. The van der Waals surface area contributed by atoms with E-state index in [-0.39, 0.29) is 17.9 Å². The highest BCUT2D eigenvalue weighted by Gasteiger charge is 2.10. The minimum Gasteiger partial charge on any atom is -0.497 e. The number of hydrogen-bond acceptors (Lipinski definition) is 2. The first-order valence-electron chi connectivity index (χ1n) is 4.43. The van der Waals surface area contributed by atoms with Crippen LogP contribution in [0.25, 0.3) is 0 Å². The summed E-state index contributed by atoms with van der Waals surface area (Å²) >= 11 is 0. The Kier molecular flexibility index (Phi) is 4.95. The molecule has 0 radical (unpaired) electrons. The summed E-state index contributed by atoms with van der Waals surface area (Å²) in [4.78, 5) is 0. The molecule has 0 amide bonds. The van der Waals surface area contributed by atoms with Gasteiger partial charge < -0.3 is 10.5 Å². The van der Waals surface area contributed by atoms with Crippen LogP contribution in [0, 0.1) is 0 Å². The zero-order chi connectivity index (χ0) is 9.90. The number of nitrogens with two attached hydrogens (primary N) is 1. The number of hydrogen-bond donors (Lipinski definition) is 1. The molecule has 0 heterocycles. The van der Waals surface area contributed by atoms with Crippen molar-refractivity contribution in [2.24, 2.45) is 5.73 Å². The van der Waals surface area contributed by atoms with Crippen molar-refractivity contribution in [1.82, 2.24) is 0 Å². The molecule has 2 nitrogen and oxygen atoms in total. The van der Waals surface area contributed by atoms with E-state index in [4.69, 9.17) is 10.5 Å². The Hall–Kier alpha value is -0.730. The van der Waals surface area contributed by atoms with Gasteiger partial charge in [0, 0.05) is 5.54 Å². The zero-order valence-electron chi connectivity index (χ0n) is 8.91. The van der Waals surface area contributed by atoms with Crippen molar-refractivity contribution in [1.29, 1.82) is 0 Å². The van der Waals surface area contributed by atoms with Crippen LogP contribution >= 0.6 is 12.4 Å². The molecule has 0 aromatic heterocycles. The van der Waals surface area contributed by atoms with E-state index < -0.39 is 0 Å². The van der Waals surface area contributed by atoms with Crippen LogP contribution in [0.15, 0.2) is 24.3 Å². The minimum atomic E-state index is -0.144. The van der Waals surface area contributed by atoms with E-state index in [0.717, 1.165) is 12.2 Å². The van der Waals surface area contributed by atoms with Crippen molar-refractivity contribution in [3.8, 4) is 5.75 Å². The van der Waals surface area contributed by atoms with Crippen molar-refractivity contribution in [2.75, 3.05) is 7.11 Å². The van der Waals surface area contributed by atoms with Gasteiger partial charge in [-0.1, -0.05) is 12.1 Å². The van der Waals surface area contributed by atoms with Gasteiger partial charge in [-0.3, -0.25) is 0 Å². The lowest BCUT2D eigenvalue weighted by Crippen LogP contribution is -2.34. The third kappa shape index (κ3) is 4.49. The van der Waals surface area contributed by atoms with Crippen molar-refractivity contribution in [3.05, 3.63) is 29.8 Å². The molecule has 14 heavy (non-hydrogen) atoms. The Morgan fingerprint density at radius 1 is 1.21 bits per heavy atom. The van der Waals surface area contributed by atoms with Gasteiger partial charge in [-0.05, 0) is 38.0 Å². The Balaban J connectivity index is 0.00000169. The quantitative estimate of drug-likeness (QED) is 0.841. The van der Waals surface area contributed by atoms with Crippen molar-refractivity contribution in [2.45, 2.75) is 25.8 Å². The molecule has 0 unspecified atom stereocenters. The van der Waals surface area contributed by atoms with E-state index in [0.29, 0.717) is 0 Å². The molecule has 3 heteroatoms. The van der Waals surface area contributed by atoms with E-state index in [1.807, 2.05) is 38.1 Å². The van der Waals surface area contributed by atoms with Crippen LogP contribution in [0.4, 0.5) is 0 Å². The molecule has 0 bridgehead atoms. The number of benzene rings is 1. The van der Waals surface area contributed by atoms with Gasteiger partial charge in [-0.25, -0.2) is 0 Å². The number of ether oxygens (including phenoxy) is 1. The van der Waals surface area contributed by atoms with Crippen molar-refractivity contribution < 1.29 is 4.74 Å². The molecule has 0 fully saturated rings. The summed E-state index contributed by atoms with van der Waals surface area (Å²) in [6.45, 7) is 4.05. The first-order valence-corrected chi connectivity index (χ1v) is 4.43. The first-order chi connectivity index (χ1) is 6.01. The highest BCUT2D eigenvalue weighted by atomic mass is 35.5. The molecule has 0 aliphatic carbocycles. The summed E-state index contributed by atoms with van der Waals surface area (Å²) in [6, 6.07) is 8.02. The Morgan fingerprint density at radius 2 is 1.71 bits per heavy atom. The summed E-state index contributed by atoms with van der Waals surface area (Å²) < 4.78 is 5.07. The lowest BCUT2D eigenvalue weighted by atomic mass is 9.96. The molecule has 0 saturated heterocycles. The molecule has 2 N–H and O–H groups in total. The van der Waals surface area contributed by atoms with E-state index >= 15 is 0 Å². The summed E-state index contributed by atoms with van der Waals surface area (Å²) in [6.07, 6.45) is 0.886. The van der Waals surface area contributed by atoms with Crippen LogP contribution in [-0.4, -0.2) is 12.6 Å². The third-order valence-electron chi connectivity index (χ3n) is 1.82. The first kappa shape index (κ1) is 13.3. The average molecular weight is 216 g/mol. The Bertz CT molecular complexity index is 264. The molecular formula is C11H18ClNO. The highest BCUT2D eigenvalue weighted by Crippen LogP contribution is 2.14. The molecule has 0 aliphatic rings. The van der Waals surface area contributed by atoms with Crippen LogP contribution in [0.5, 0.6) is 5.75 Å². The van der Waals surface area contributed by atoms with E-state index in [1.54, 1.807) is 7.11 Å². The fraction of sp³-hybridized carbons (Fsp3) is 0.455. The maximum absolute atomic E-state index is 5.91. The molecule has 1 rings (SSSR count). The van der Waals surface area contributed by atoms with Crippen LogP contribution in [0.2, 0.25) is 0 Å². The lowest BCUT2D eigenvalue weighted by molar-refractivity contribution is 0.414. The van der Waals surface area contributed by atoms with Crippen molar-refractivity contribution in [3.63, 3.8) is 0 Å². The number of halogens is 1. The van der Waals surface area contributed by atoms with Crippen molar-refractivity contribution >= 4 is 12.4 Å². The van der Waals surface area contributed by atoms with Gasteiger partial charge in [-0.15, -0.1) is 12.4 Å². The van der Waals surface area contributed by atoms with Gasteiger partial charge in [-0.2, -0.15) is 0 Å². The fourth-order valence-electron chi connectivity index (χ4n) is 1.27. The number of rotatable bonds is 3. The molecule has 80 valence electrons. The standard InChI is InChI=1S/C11H17NO.ClH/c1-11(2,12)8-9-4-6-10(13-3)7-5-9;/h4-7H,8,12H2,1-3H3;1H. The second-order valence-electron chi connectivity index (χ2n) is 4.01. The van der Waals surface area contributed by atoms with Gasteiger partial charge in [0.2, 0.25) is 0 Å². The van der Waals surface area contributed by atoms with Crippen LogP contribution in [-0.2, 0) is 6.42 Å².